The van der Waals surface area contributed by atoms with Gasteiger partial charge in [0.2, 0.25) is 0 Å². The van der Waals surface area contributed by atoms with Gasteiger partial charge in [0.15, 0.2) is 11.5 Å². The molecule has 1 heterocycles. The molecule has 2 rings (SSSR count). The van der Waals surface area contributed by atoms with Crippen molar-refractivity contribution in [1.29, 1.82) is 0 Å². The van der Waals surface area contributed by atoms with Gasteiger partial charge in [-0.15, -0.1) is 0 Å². The third kappa shape index (κ3) is 4.88. The maximum absolute atomic E-state index is 10.1. The molecule has 5 heteroatoms. The fourth-order valence-corrected chi connectivity index (χ4v) is 2.35. The maximum atomic E-state index is 10.1. The minimum atomic E-state index is -0.561. The number of aliphatic hydroxyl groups excluding tert-OH is 1. The van der Waals surface area contributed by atoms with Crippen molar-refractivity contribution in [2.24, 2.45) is 0 Å². The third-order valence-corrected chi connectivity index (χ3v) is 3.86. The predicted octanol–water partition coefficient (Wildman–Crippen LogP) is 1.59. The predicted molar refractivity (Wildman–Crippen MR) is 81.0 cm³/mol. The van der Waals surface area contributed by atoms with Gasteiger partial charge < -0.3 is 24.6 Å². The lowest BCUT2D eigenvalue weighted by atomic mass is 9.92. The molecule has 21 heavy (non-hydrogen) atoms. The number of aliphatic hydroxyl groups is 1. The largest absolute Gasteiger partial charge is 0.493 e. The molecule has 0 saturated carbocycles. The zero-order valence-electron chi connectivity index (χ0n) is 12.8. The molecule has 1 atom stereocenters. The van der Waals surface area contributed by atoms with Crippen LogP contribution in [-0.4, -0.2) is 50.2 Å². The zero-order chi connectivity index (χ0) is 15.1. The summed E-state index contributed by atoms with van der Waals surface area (Å²) >= 11 is 0. The Kier molecular flexibility index (Phi) is 5.85. The Morgan fingerprint density at radius 1 is 1.29 bits per heavy atom. The second-order valence-electron chi connectivity index (χ2n) is 5.67. The van der Waals surface area contributed by atoms with Crippen molar-refractivity contribution in [1.82, 2.24) is 5.32 Å². The van der Waals surface area contributed by atoms with E-state index < -0.39 is 6.10 Å². The molecule has 0 amide bonds. The molecule has 1 aliphatic rings. The smallest absolute Gasteiger partial charge is 0.161 e. The van der Waals surface area contributed by atoms with E-state index in [0.29, 0.717) is 18.0 Å². The molecular formula is C16H25NO4. The monoisotopic (exact) mass is 295 g/mol. The van der Waals surface area contributed by atoms with Crippen molar-refractivity contribution < 1.29 is 19.3 Å². The molecule has 1 aromatic carbocycles. The Labute approximate surface area is 126 Å². The Morgan fingerprint density at radius 2 is 1.95 bits per heavy atom. The molecule has 0 spiro atoms. The lowest BCUT2D eigenvalue weighted by Gasteiger charge is -2.35. The van der Waals surface area contributed by atoms with Gasteiger partial charge in [-0.05, 0) is 31.9 Å². The topological polar surface area (TPSA) is 60.0 Å². The van der Waals surface area contributed by atoms with Crippen LogP contribution in [0.15, 0.2) is 24.3 Å². The molecule has 0 aromatic heterocycles. The average Bonchev–Trinajstić information content (AvgIpc) is 2.52. The Morgan fingerprint density at radius 3 is 2.62 bits per heavy atom. The molecule has 1 aliphatic heterocycles. The fraction of sp³-hybridized carbons (Fsp3) is 0.625. The van der Waals surface area contributed by atoms with Gasteiger partial charge in [0, 0.05) is 25.3 Å². The highest BCUT2D eigenvalue weighted by atomic mass is 16.5. The number of benzene rings is 1. The second-order valence-corrected chi connectivity index (χ2v) is 5.67. The zero-order valence-corrected chi connectivity index (χ0v) is 12.8. The van der Waals surface area contributed by atoms with Crippen LogP contribution in [0.3, 0.4) is 0 Å². The van der Waals surface area contributed by atoms with Crippen molar-refractivity contribution in [3.05, 3.63) is 24.3 Å². The van der Waals surface area contributed by atoms with E-state index in [0.717, 1.165) is 26.1 Å². The van der Waals surface area contributed by atoms with E-state index in [1.165, 1.54) is 0 Å². The van der Waals surface area contributed by atoms with Crippen LogP contribution in [0.1, 0.15) is 19.8 Å². The fourth-order valence-electron chi connectivity index (χ4n) is 2.35. The van der Waals surface area contributed by atoms with Crippen LogP contribution in [-0.2, 0) is 4.74 Å². The summed E-state index contributed by atoms with van der Waals surface area (Å²) in [7, 11) is 1.60. The van der Waals surface area contributed by atoms with Gasteiger partial charge in [-0.2, -0.15) is 0 Å². The van der Waals surface area contributed by atoms with Crippen molar-refractivity contribution in [3.8, 4) is 11.5 Å². The van der Waals surface area contributed by atoms with E-state index in [4.69, 9.17) is 14.2 Å². The van der Waals surface area contributed by atoms with Gasteiger partial charge in [-0.25, -0.2) is 0 Å². The Hall–Kier alpha value is -1.30. The average molecular weight is 295 g/mol. The SMILES string of the molecule is COc1ccccc1OCC(O)CNC1(C)CCOCC1. The molecule has 1 unspecified atom stereocenters. The van der Waals surface area contributed by atoms with Crippen LogP contribution in [0.25, 0.3) is 0 Å². The van der Waals surface area contributed by atoms with Crippen LogP contribution in [0.4, 0.5) is 0 Å². The number of para-hydroxylation sites is 2. The maximum Gasteiger partial charge on any atom is 0.161 e. The highest BCUT2D eigenvalue weighted by molar-refractivity contribution is 5.39. The molecule has 5 nitrogen and oxygen atoms in total. The molecule has 1 aromatic rings. The number of rotatable bonds is 7. The number of hydrogen-bond acceptors (Lipinski definition) is 5. The molecule has 1 fully saturated rings. The van der Waals surface area contributed by atoms with E-state index in [-0.39, 0.29) is 12.1 Å². The van der Waals surface area contributed by atoms with Crippen LogP contribution in [0.2, 0.25) is 0 Å². The molecule has 0 aliphatic carbocycles. The summed E-state index contributed by atoms with van der Waals surface area (Å²) in [6.07, 6.45) is 1.37. The standard InChI is InChI=1S/C16H25NO4/c1-16(7-9-20-10-8-16)17-11-13(18)12-21-15-6-4-3-5-14(15)19-2/h3-6,13,17-18H,7-12H2,1-2H3. The van der Waals surface area contributed by atoms with Gasteiger partial charge in [-0.1, -0.05) is 12.1 Å². The van der Waals surface area contributed by atoms with Crippen molar-refractivity contribution in [3.63, 3.8) is 0 Å². The van der Waals surface area contributed by atoms with Crippen LogP contribution >= 0.6 is 0 Å². The van der Waals surface area contributed by atoms with Gasteiger partial charge in [-0.3, -0.25) is 0 Å². The minimum Gasteiger partial charge on any atom is -0.493 e. The van der Waals surface area contributed by atoms with E-state index >= 15 is 0 Å². The lowest BCUT2D eigenvalue weighted by Crippen LogP contribution is -2.50. The van der Waals surface area contributed by atoms with Gasteiger partial charge in [0.1, 0.15) is 12.7 Å². The van der Waals surface area contributed by atoms with E-state index in [1.807, 2.05) is 24.3 Å². The third-order valence-electron chi connectivity index (χ3n) is 3.86. The summed E-state index contributed by atoms with van der Waals surface area (Å²) in [4.78, 5) is 0. The molecule has 2 N–H and O–H groups in total. The normalized spacial score (nSPS) is 19.0. The van der Waals surface area contributed by atoms with Gasteiger partial charge in [0.05, 0.1) is 7.11 Å². The second kappa shape index (κ2) is 7.64. The quantitative estimate of drug-likeness (QED) is 0.800. The van der Waals surface area contributed by atoms with Crippen molar-refractivity contribution >= 4 is 0 Å². The molecule has 0 bridgehead atoms. The molecular weight excluding hydrogens is 270 g/mol. The molecule has 1 saturated heterocycles. The van der Waals surface area contributed by atoms with Crippen LogP contribution < -0.4 is 14.8 Å². The highest BCUT2D eigenvalue weighted by Crippen LogP contribution is 2.25. The number of β-amino-alcohol motifs (C(OH)–C–C–N with tert-alkyl or cyclic N) is 1. The number of hydrogen-bond donors (Lipinski definition) is 2. The van der Waals surface area contributed by atoms with Crippen LogP contribution in [0.5, 0.6) is 11.5 Å². The summed E-state index contributed by atoms with van der Waals surface area (Å²) < 4.78 is 16.2. The summed E-state index contributed by atoms with van der Waals surface area (Å²) in [5.41, 5.74) is 0.0453. The van der Waals surface area contributed by atoms with Crippen molar-refractivity contribution in [2.45, 2.75) is 31.4 Å². The summed E-state index contributed by atoms with van der Waals surface area (Å²) in [6.45, 7) is 4.46. The summed E-state index contributed by atoms with van der Waals surface area (Å²) in [6, 6.07) is 7.43. The van der Waals surface area contributed by atoms with Gasteiger partial charge in [0.25, 0.3) is 0 Å². The van der Waals surface area contributed by atoms with Crippen molar-refractivity contribution in [2.75, 3.05) is 33.5 Å². The number of ether oxygens (including phenoxy) is 3. The first kappa shape index (κ1) is 16.1. The van der Waals surface area contributed by atoms with E-state index in [9.17, 15) is 5.11 Å². The first-order chi connectivity index (χ1) is 10.1. The Bertz CT molecular complexity index is 432. The summed E-state index contributed by atoms with van der Waals surface area (Å²) in [5, 5.41) is 13.5. The van der Waals surface area contributed by atoms with E-state index in [2.05, 4.69) is 12.2 Å². The molecule has 118 valence electrons. The summed E-state index contributed by atoms with van der Waals surface area (Å²) in [5.74, 6) is 1.32. The first-order valence-electron chi connectivity index (χ1n) is 7.40. The minimum absolute atomic E-state index is 0.0453. The molecule has 0 radical (unpaired) electrons. The van der Waals surface area contributed by atoms with E-state index in [1.54, 1.807) is 7.11 Å². The Balaban J connectivity index is 1.75. The number of nitrogens with one attached hydrogen (secondary N) is 1. The van der Waals surface area contributed by atoms with Crippen LogP contribution in [0, 0.1) is 0 Å². The highest BCUT2D eigenvalue weighted by Gasteiger charge is 2.27. The lowest BCUT2D eigenvalue weighted by molar-refractivity contribution is 0.0341. The number of methoxy groups -OCH3 is 1. The van der Waals surface area contributed by atoms with Gasteiger partial charge >= 0.3 is 0 Å². The first-order valence-corrected chi connectivity index (χ1v) is 7.40.